The van der Waals surface area contributed by atoms with Crippen LogP contribution in [0, 0.1) is 23.2 Å². The number of carbonyl (C=O) groups is 1. The molecule has 4 aliphatic carbocycles. The number of hydrogen-bond donors (Lipinski definition) is 1. The van der Waals surface area contributed by atoms with Crippen LogP contribution in [-0.2, 0) is 9.53 Å². The second-order valence-corrected chi connectivity index (χ2v) is 6.23. The number of esters is 1. The first-order valence-corrected chi connectivity index (χ1v) is 6.60. The SMILES string of the molecule is C=CC(=O)OCC12CC3CC(CC(C3)C1O)C2. The molecule has 3 heteroatoms. The average Bonchev–Trinajstić information content (AvgIpc) is 2.32. The molecule has 94 valence electrons. The summed E-state index contributed by atoms with van der Waals surface area (Å²) < 4.78 is 5.23. The maximum atomic E-state index is 11.2. The van der Waals surface area contributed by atoms with Crippen molar-refractivity contribution >= 4 is 5.97 Å². The summed E-state index contributed by atoms with van der Waals surface area (Å²) in [7, 11) is 0. The zero-order chi connectivity index (χ0) is 12.0. The van der Waals surface area contributed by atoms with E-state index in [1.165, 1.54) is 25.3 Å². The first-order chi connectivity index (χ1) is 8.13. The Labute approximate surface area is 102 Å². The van der Waals surface area contributed by atoms with Crippen LogP contribution in [-0.4, -0.2) is 23.8 Å². The molecule has 0 spiro atoms. The summed E-state index contributed by atoms with van der Waals surface area (Å²) in [5, 5.41) is 10.4. The highest BCUT2D eigenvalue weighted by Crippen LogP contribution is 2.60. The van der Waals surface area contributed by atoms with Crippen LogP contribution in [0.3, 0.4) is 0 Å². The Balaban J connectivity index is 1.76. The van der Waals surface area contributed by atoms with E-state index in [1.54, 1.807) is 0 Å². The van der Waals surface area contributed by atoms with Crippen molar-refractivity contribution in [1.82, 2.24) is 0 Å². The average molecular weight is 236 g/mol. The molecular formula is C14H20O3. The van der Waals surface area contributed by atoms with Gasteiger partial charge in [-0.05, 0) is 49.9 Å². The number of carbonyl (C=O) groups excluding carboxylic acids is 1. The van der Waals surface area contributed by atoms with E-state index in [4.69, 9.17) is 4.74 Å². The second-order valence-electron chi connectivity index (χ2n) is 6.23. The Kier molecular flexibility index (Phi) is 2.54. The smallest absolute Gasteiger partial charge is 0.330 e. The lowest BCUT2D eigenvalue weighted by Gasteiger charge is -2.59. The lowest BCUT2D eigenvalue weighted by atomic mass is 9.48. The van der Waals surface area contributed by atoms with Crippen molar-refractivity contribution in [3.63, 3.8) is 0 Å². The van der Waals surface area contributed by atoms with Crippen molar-refractivity contribution in [2.75, 3.05) is 6.61 Å². The summed E-state index contributed by atoms with van der Waals surface area (Å²) in [6.45, 7) is 3.79. The van der Waals surface area contributed by atoms with Gasteiger partial charge in [0.1, 0.15) is 0 Å². The van der Waals surface area contributed by atoms with E-state index in [9.17, 15) is 9.90 Å². The zero-order valence-corrected chi connectivity index (χ0v) is 10.1. The maximum Gasteiger partial charge on any atom is 0.330 e. The highest BCUT2D eigenvalue weighted by atomic mass is 16.5. The Morgan fingerprint density at radius 3 is 2.59 bits per heavy atom. The predicted molar refractivity (Wildman–Crippen MR) is 63.2 cm³/mol. The molecule has 0 aromatic rings. The van der Waals surface area contributed by atoms with Crippen molar-refractivity contribution < 1.29 is 14.6 Å². The molecule has 3 nitrogen and oxygen atoms in total. The number of aliphatic hydroxyl groups excluding tert-OH is 1. The van der Waals surface area contributed by atoms with Crippen molar-refractivity contribution in [2.45, 2.75) is 38.2 Å². The lowest BCUT2D eigenvalue weighted by Crippen LogP contribution is -2.57. The number of rotatable bonds is 3. The molecule has 0 aliphatic heterocycles. The Bertz CT molecular complexity index is 335. The van der Waals surface area contributed by atoms with Gasteiger partial charge in [0.25, 0.3) is 0 Å². The predicted octanol–water partition coefficient (Wildman–Crippen LogP) is 1.90. The fourth-order valence-electron chi connectivity index (χ4n) is 4.66. The molecule has 4 saturated carbocycles. The number of hydrogen-bond acceptors (Lipinski definition) is 3. The molecule has 4 aliphatic rings. The number of aliphatic hydroxyl groups is 1. The van der Waals surface area contributed by atoms with Gasteiger partial charge in [-0.25, -0.2) is 4.79 Å². The van der Waals surface area contributed by atoms with Crippen LogP contribution in [0.4, 0.5) is 0 Å². The van der Waals surface area contributed by atoms with E-state index in [2.05, 4.69) is 6.58 Å². The molecule has 0 heterocycles. The third-order valence-corrected chi connectivity index (χ3v) is 5.07. The van der Waals surface area contributed by atoms with Gasteiger partial charge in [-0.15, -0.1) is 0 Å². The van der Waals surface area contributed by atoms with E-state index < -0.39 is 0 Å². The van der Waals surface area contributed by atoms with E-state index >= 15 is 0 Å². The molecule has 4 rings (SSSR count). The van der Waals surface area contributed by atoms with Gasteiger partial charge in [0.05, 0.1) is 12.7 Å². The molecule has 0 aromatic heterocycles. The minimum Gasteiger partial charge on any atom is -0.462 e. The van der Waals surface area contributed by atoms with Gasteiger partial charge in [0.2, 0.25) is 0 Å². The summed E-state index contributed by atoms with van der Waals surface area (Å²) in [4.78, 5) is 11.2. The van der Waals surface area contributed by atoms with Crippen LogP contribution in [0.5, 0.6) is 0 Å². The maximum absolute atomic E-state index is 11.2. The molecule has 0 radical (unpaired) electrons. The normalized spacial score (nSPS) is 46.9. The fraction of sp³-hybridized carbons (Fsp3) is 0.786. The summed E-state index contributed by atoms with van der Waals surface area (Å²) in [5.41, 5.74) is -0.145. The molecule has 0 amide bonds. The van der Waals surface area contributed by atoms with E-state index in [1.807, 2.05) is 0 Å². The highest BCUT2D eigenvalue weighted by molar-refractivity contribution is 5.81. The molecule has 3 unspecified atom stereocenters. The topological polar surface area (TPSA) is 46.5 Å². The van der Waals surface area contributed by atoms with Gasteiger partial charge in [-0.1, -0.05) is 6.58 Å². The minimum absolute atomic E-state index is 0.145. The fourth-order valence-corrected chi connectivity index (χ4v) is 4.66. The van der Waals surface area contributed by atoms with Crippen molar-refractivity contribution in [1.29, 1.82) is 0 Å². The Hall–Kier alpha value is -0.830. The molecule has 0 saturated heterocycles. The molecule has 4 fully saturated rings. The summed E-state index contributed by atoms with van der Waals surface area (Å²) in [6, 6.07) is 0. The van der Waals surface area contributed by atoms with E-state index in [0.717, 1.165) is 24.7 Å². The van der Waals surface area contributed by atoms with Gasteiger partial charge in [0, 0.05) is 11.5 Å². The quantitative estimate of drug-likeness (QED) is 0.601. The third kappa shape index (κ3) is 1.71. The largest absolute Gasteiger partial charge is 0.462 e. The molecule has 17 heavy (non-hydrogen) atoms. The Morgan fingerprint density at radius 2 is 2.00 bits per heavy atom. The van der Waals surface area contributed by atoms with E-state index in [-0.39, 0.29) is 17.5 Å². The number of ether oxygens (including phenoxy) is 1. The summed E-state index contributed by atoms with van der Waals surface area (Å²) >= 11 is 0. The van der Waals surface area contributed by atoms with Gasteiger partial charge in [-0.2, -0.15) is 0 Å². The van der Waals surface area contributed by atoms with Crippen LogP contribution >= 0.6 is 0 Å². The van der Waals surface area contributed by atoms with Gasteiger partial charge >= 0.3 is 5.97 Å². The minimum atomic E-state index is -0.368. The first kappa shape index (κ1) is 11.3. The summed E-state index contributed by atoms with van der Waals surface area (Å²) in [5.74, 6) is 1.58. The zero-order valence-electron chi connectivity index (χ0n) is 10.1. The van der Waals surface area contributed by atoms with Crippen LogP contribution < -0.4 is 0 Å². The highest BCUT2D eigenvalue weighted by Gasteiger charge is 2.57. The van der Waals surface area contributed by atoms with Crippen molar-refractivity contribution in [2.24, 2.45) is 23.2 Å². The van der Waals surface area contributed by atoms with Gasteiger partial charge in [0.15, 0.2) is 0 Å². The van der Waals surface area contributed by atoms with Crippen molar-refractivity contribution in [3.8, 4) is 0 Å². The van der Waals surface area contributed by atoms with Crippen molar-refractivity contribution in [3.05, 3.63) is 12.7 Å². The second kappa shape index (κ2) is 3.84. The summed E-state index contributed by atoms with van der Waals surface area (Å²) in [6.07, 6.45) is 6.67. The van der Waals surface area contributed by atoms with E-state index in [0.29, 0.717) is 12.5 Å². The monoisotopic (exact) mass is 236 g/mol. The lowest BCUT2D eigenvalue weighted by molar-refractivity contribution is -0.184. The van der Waals surface area contributed by atoms with Crippen LogP contribution in [0.25, 0.3) is 0 Å². The van der Waals surface area contributed by atoms with Gasteiger partial charge < -0.3 is 9.84 Å². The molecule has 3 atom stereocenters. The Morgan fingerprint density at radius 1 is 1.35 bits per heavy atom. The molecule has 1 N–H and O–H groups in total. The van der Waals surface area contributed by atoms with Crippen LogP contribution in [0.2, 0.25) is 0 Å². The van der Waals surface area contributed by atoms with Gasteiger partial charge in [-0.3, -0.25) is 0 Å². The molecule has 4 bridgehead atoms. The van der Waals surface area contributed by atoms with Crippen LogP contribution in [0.1, 0.15) is 32.1 Å². The first-order valence-electron chi connectivity index (χ1n) is 6.60. The molecule has 0 aromatic carbocycles. The van der Waals surface area contributed by atoms with Crippen LogP contribution in [0.15, 0.2) is 12.7 Å². The third-order valence-electron chi connectivity index (χ3n) is 5.07. The molecular weight excluding hydrogens is 216 g/mol. The standard InChI is InChI=1S/C14H20O3/c1-2-12(15)17-8-14-6-9-3-10(7-14)5-11(4-9)13(14)16/h2,9-11,13,16H,1,3-8H2.